The first kappa shape index (κ1) is 14.3. The molecule has 1 N–H and O–H groups in total. The fraction of sp³-hybridized carbons (Fsp3) is 0.400. The van der Waals surface area contributed by atoms with E-state index in [0.717, 1.165) is 18.6 Å². The molecule has 0 atom stereocenters. The van der Waals surface area contributed by atoms with Gasteiger partial charge in [0.1, 0.15) is 5.75 Å². The van der Waals surface area contributed by atoms with Crippen molar-refractivity contribution in [3.63, 3.8) is 0 Å². The average molecular weight is 247 g/mol. The van der Waals surface area contributed by atoms with Crippen LogP contribution in [0, 0.1) is 0 Å². The number of hydrogen-bond acceptors (Lipinski definition) is 2. The zero-order chi connectivity index (χ0) is 13.2. The number of carbonyl (C=O) groups excluding carboxylic acids is 1. The van der Waals surface area contributed by atoms with E-state index in [1.807, 2.05) is 43.3 Å². The van der Waals surface area contributed by atoms with Crippen molar-refractivity contribution in [2.24, 2.45) is 0 Å². The van der Waals surface area contributed by atoms with E-state index < -0.39 is 0 Å². The van der Waals surface area contributed by atoms with Crippen LogP contribution in [0.25, 0.3) is 0 Å². The van der Waals surface area contributed by atoms with Crippen LogP contribution in [0.15, 0.2) is 36.4 Å². The Kier molecular flexibility index (Phi) is 6.62. The molecule has 0 fully saturated rings. The standard InChI is InChI=1S/C15H21NO2/c1-3-5-6-11-16-15(17)12-18-14-9-7-13(4-2)8-10-14/h3,5,7-10H,4,6,11-12H2,1-2H3,(H,16,17)/b5-3+. The number of ether oxygens (including phenoxy) is 1. The molecule has 1 amide bonds. The van der Waals surface area contributed by atoms with Crippen molar-refractivity contribution >= 4 is 5.91 Å². The molecule has 0 aliphatic carbocycles. The van der Waals surface area contributed by atoms with Crippen molar-refractivity contribution in [3.8, 4) is 5.75 Å². The molecule has 0 bridgehead atoms. The smallest absolute Gasteiger partial charge is 0.257 e. The minimum atomic E-state index is -0.0842. The number of amides is 1. The summed E-state index contributed by atoms with van der Waals surface area (Å²) >= 11 is 0. The lowest BCUT2D eigenvalue weighted by atomic mass is 10.2. The molecule has 0 aliphatic rings. The number of nitrogens with one attached hydrogen (secondary N) is 1. The Labute approximate surface area is 109 Å². The predicted octanol–water partition coefficient (Wildman–Crippen LogP) is 2.71. The zero-order valence-corrected chi connectivity index (χ0v) is 11.1. The highest BCUT2D eigenvalue weighted by molar-refractivity contribution is 5.77. The van der Waals surface area contributed by atoms with Crippen molar-refractivity contribution in [2.75, 3.05) is 13.2 Å². The Hall–Kier alpha value is -1.77. The molecular formula is C15H21NO2. The minimum absolute atomic E-state index is 0.0707. The van der Waals surface area contributed by atoms with Gasteiger partial charge in [-0.2, -0.15) is 0 Å². The molecule has 0 heterocycles. The molecule has 18 heavy (non-hydrogen) atoms. The second-order valence-corrected chi connectivity index (χ2v) is 3.99. The fourth-order valence-corrected chi connectivity index (χ4v) is 1.48. The summed E-state index contributed by atoms with van der Waals surface area (Å²) in [5, 5.41) is 2.80. The van der Waals surface area contributed by atoms with Crippen LogP contribution in [-0.4, -0.2) is 19.1 Å². The quantitative estimate of drug-likeness (QED) is 0.594. The van der Waals surface area contributed by atoms with Gasteiger partial charge in [0, 0.05) is 6.54 Å². The summed E-state index contributed by atoms with van der Waals surface area (Å²) in [6, 6.07) is 7.82. The largest absolute Gasteiger partial charge is 0.484 e. The van der Waals surface area contributed by atoms with Gasteiger partial charge in [-0.05, 0) is 37.5 Å². The molecular weight excluding hydrogens is 226 g/mol. The molecule has 0 radical (unpaired) electrons. The van der Waals surface area contributed by atoms with Gasteiger partial charge in [0.05, 0.1) is 0 Å². The van der Waals surface area contributed by atoms with Crippen molar-refractivity contribution in [2.45, 2.75) is 26.7 Å². The van der Waals surface area contributed by atoms with E-state index in [-0.39, 0.29) is 12.5 Å². The van der Waals surface area contributed by atoms with Crippen molar-refractivity contribution < 1.29 is 9.53 Å². The highest BCUT2D eigenvalue weighted by Crippen LogP contribution is 2.12. The minimum Gasteiger partial charge on any atom is -0.484 e. The van der Waals surface area contributed by atoms with Crippen molar-refractivity contribution in [1.82, 2.24) is 5.32 Å². The topological polar surface area (TPSA) is 38.3 Å². The molecule has 0 saturated carbocycles. The van der Waals surface area contributed by atoms with Gasteiger partial charge in [0.2, 0.25) is 0 Å². The normalized spacial score (nSPS) is 10.6. The molecule has 1 aromatic rings. The van der Waals surface area contributed by atoms with Gasteiger partial charge in [-0.25, -0.2) is 0 Å². The third-order valence-electron chi connectivity index (χ3n) is 2.57. The molecule has 0 spiro atoms. The van der Waals surface area contributed by atoms with Gasteiger partial charge in [-0.15, -0.1) is 0 Å². The summed E-state index contributed by atoms with van der Waals surface area (Å²) in [7, 11) is 0. The van der Waals surface area contributed by atoms with Gasteiger partial charge >= 0.3 is 0 Å². The highest BCUT2D eigenvalue weighted by Gasteiger charge is 2.01. The Morgan fingerprint density at radius 2 is 2.06 bits per heavy atom. The molecule has 0 aliphatic heterocycles. The molecule has 1 rings (SSSR count). The van der Waals surface area contributed by atoms with E-state index in [1.165, 1.54) is 5.56 Å². The lowest BCUT2D eigenvalue weighted by Gasteiger charge is -2.07. The number of aryl methyl sites for hydroxylation is 1. The maximum Gasteiger partial charge on any atom is 0.257 e. The maximum absolute atomic E-state index is 11.4. The Morgan fingerprint density at radius 1 is 1.33 bits per heavy atom. The second-order valence-electron chi connectivity index (χ2n) is 3.99. The summed E-state index contributed by atoms with van der Waals surface area (Å²) in [5.41, 5.74) is 1.26. The van der Waals surface area contributed by atoms with Crippen LogP contribution in [-0.2, 0) is 11.2 Å². The van der Waals surface area contributed by atoms with Crippen LogP contribution < -0.4 is 10.1 Å². The van der Waals surface area contributed by atoms with Gasteiger partial charge in [0.15, 0.2) is 6.61 Å². The molecule has 3 heteroatoms. The SMILES string of the molecule is C/C=C/CCNC(=O)COc1ccc(CC)cc1. The van der Waals surface area contributed by atoms with Crippen molar-refractivity contribution in [3.05, 3.63) is 42.0 Å². The molecule has 98 valence electrons. The van der Waals surface area contributed by atoms with Gasteiger partial charge in [-0.1, -0.05) is 31.2 Å². The molecule has 0 unspecified atom stereocenters. The summed E-state index contributed by atoms with van der Waals surface area (Å²) in [5.74, 6) is 0.648. The number of carbonyl (C=O) groups is 1. The Morgan fingerprint density at radius 3 is 2.67 bits per heavy atom. The van der Waals surface area contributed by atoms with Crippen LogP contribution in [0.4, 0.5) is 0 Å². The van der Waals surface area contributed by atoms with E-state index in [0.29, 0.717) is 6.54 Å². The van der Waals surface area contributed by atoms with Gasteiger partial charge < -0.3 is 10.1 Å². The number of allylic oxidation sites excluding steroid dienone is 1. The van der Waals surface area contributed by atoms with Gasteiger partial charge in [0.25, 0.3) is 5.91 Å². The van der Waals surface area contributed by atoms with E-state index in [1.54, 1.807) is 0 Å². The van der Waals surface area contributed by atoms with Crippen LogP contribution >= 0.6 is 0 Å². The summed E-state index contributed by atoms with van der Waals surface area (Å²) in [6.07, 6.45) is 5.85. The third kappa shape index (κ3) is 5.53. The average Bonchev–Trinajstić information content (AvgIpc) is 2.42. The third-order valence-corrected chi connectivity index (χ3v) is 2.57. The Balaban J connectivity index is 2.24. The molecule has 3 nitrogen and oxygen atoms in total. The first-order valence-corrected chi connectivity index (χ1v) is 6.35. The number of benzene rings is 1. The Bertz CT molecular complexity index is 382. The maximum atomic E-state index is 11.4. The van der Waals surface area contributed by atoms with Crippen LogP contribution in [0.2, 0.25) is 0 Å². The fourth-order valence-electron chi connectivity index (χ4n) is 1.48. The van der Waals surface area contributed by atoms with E-state index in [4.69, 9.17) is 4.74 Å². The second kappa shape index (κ2) is 8.34. The van der Waals surface area contributed by atoms with Gasteiger partial charge in [-0.3, -0.25) is 4.79 Å². The summed E-state index contributed by atoms with van der Waals surface area (Å²) in [6.45, 7) is 4.79. The number of rotatable bonds is 7. The highest BCUT2D eigenvalue weighted by atomic mass is 16.5. The monoisotopic (exact) mass is 247 g/mol. The zero-order valence-electron chi connectivity index (χ0n) is 11.1. The predicted molar refractivity (Wildman–Crippen MR) is 73.8 cm³/mol. The van der Waals surface area contributed by atoms with E-state index in [9.17, 15) is 4.79 Å². The molecule has 1 aromatic carbocycles. The molecule has 0 aromatic heterocycles. The lowest BCUT2D eigenvalue weighted by molar-refractivity contribution is -0.123. The molecule has 0 saturated heterocycles. The number of hydrogen-bond donors (Lipinski definition) is 1. The van der Waals surface area contributed by atoms with E-state index in [2.05, 4.69) is 12.2 Å². The van der Waals surface area contributed by atoms with Crippen LogP contribution in [0.1, 0.15) is 25.8 Å². The van der Waals surface area contributed by atoms with Crippen molar-refractivity contribution in [1.29, 1.82) is 0 Å². The first-order valence-electron chi connectivity index (χ1n) is 6.35. The summed E-state index contributed by atoms with van der Waals surface area (Å²) in [4.78, 5) is 11.4. The summed E-state index contributed by atoms with van der Waals surface area (Å²) < 4.78 is 5.39. The lowest BCUT2D eigenvalue weighted by Crippen LogP contribution is -2.29. The van der Waals surface area contributed by atoms with Crippen LogP contribution in [0.3, 0.4) is 0 Å². The van der Waals surface area contributed by atoms with E-state index >= 15 is 0 Å². The van der Waals surface area contributed by atoms with Crippen LogP contribution in [0.5, 0.6) is 5.75 Å². The first-order chi connectivity index (χ1) is 8.76.